The highest BCUT2D eigenvalue weighted by molar-refractivity contribution is 5.54. The van der Waals surface area contributed by atoms with E-state index in [9.17, 15) is 0 Å². The molecule has 0 amide bonds. The molecule has 0 atom stereocenters. The normalized spacial score (nSPS) is 20.1. The first-order chi connectivity index (χ1) is 10.4. The quantitative estimate of drug-likeness (QED) is 0.843. The largest absolute Gasteiger partial charge is 0.378 e. The monoisotopic (exact) mass is 288 g/mol. The summed E-state index contributed by atoms with van der Waals surface area (Å²) in [4.78, 5) is 2.56. The van der Waals surface area contributed by atoms with Crippen LogP contribution in [0.15, 0.2) is 24.3 Å². The minimum atomic E-state index is 0.489. The third-order valence-corrected chi connectivity index (χ3v) is 4.67. The summed E-state index contributed by atoms with van der Waals surface area (Å²) in [7, 11) is 0. The van der Waals surface area contributed by atoms with E-state index in [4.69, 9.17) is 4.74 Å². The predicted octanol–water partition coefficient (Wildman–Crippen LogP) is 2.99. The molecule has 0 spiro atoms. The Morgan fingerprint density at radius 3 is 2.90 bits per heavy atom. The lowest BCUT2D eigenvalue weighted by atomic mass is 10.1. The minimum Gasteiger partial charge on any atom is -0.378 e. The van der Waals surface area contributed by atoms with Crippen molar-refractivity contribution in [1.82, 2.24) is 5.32 Å². The van der Waals surface area contributed by atoms with Gasteiger partial charge < -0.3 is 15.0 Å². The number of rotatable bonds is 5. The van der Waals surface area contributed by atoms with E-state index in [-0.39, 0.29) is 0 Å². The van der Waals surface area contributed by atoms with Crippen molar-refractivity contribution in [1.29, 1.82) is 0 Å². The molecule has 1 aromatic rings. The smallest absolute Gasteiger partial charge is 0.0599 e. The van der Waals surface area contributed by atoms with Crippen molar-refractivity contribution in [3.05, 3.63) is 29.8 Å². The average Bonchev–Trinajstić information content (AvgIpc) is 2.75. The van der Waals surface area contributed by atoms with E-state index in [2.05, 4.69) is 34.5 Å². The zero-order valence-electron chi connectivity index (χ0n) is 13.0. The molecule has 0 aliphatic carbocycles. The molecule has 1 N–H and O–H groups in total. The molecule has 1 saturated heterocycles. The number of piperidine rings is 1. The van der Waals surface area contributed by atoms with E-state index in [1.54, 1.807) is 0 Å². The maximum Gasteiger partial charge on any atom is 0.0599 e. The number of para-hydroxylation sites is 1. The van der Waals surface area contributed by atoms with Crippen LogP contribution < -0.4 is 10.2 Å². The highest BCUT2D eigenvalue weighted by Gasteiger charge is 2.15. The molecule has 116 valence electrons. The van der Waals surface area contributed by atoms with Crippen LogP contribution in [0.2, 0.25) is 0 Å². The van der Waals surface area contributed by atoms with Gasteiger partial charge in [-0.1, -0.05) is 18.2 Å². The number of ether oxygens (including phenoxy) is 1. The Labute approximate surface area is 128 Å². The van der Waals surface area contributed by atoms with Gasteiger partial charge in [-0.15, -0.1) is 0 Å². The zero-order chi connectivity index (χ0) is 14.3. The molecule has 0 radical (unpaired) electrons. The lowest BCUT2D eigenvalue weighted by Crippen LogP contribution is -2.33. The molecule has 3 rings (SSSR count). The highest BCUT2D eigenvalue weighted by Crippen LogP contribution is 2.26. The fourth-order valence-electron chi connectivity index (χ4n) is 3.47. The van der Waals surface area contributed by atoms with Gasteiger partial charge in [-0.25, -0.2) is 0 Å². The molecule has 21 heavy (non-hydrogen) atoms. The summed E-state index contributed by atoms with van der Waals surface area (Å²) < 4.78 is 6.03. The van der Waals surface area contributed by atoms with Crippen molar-refractivity contribution in [2.24, 2.45) is 0 Å². The fraction of sp³-hybridized carbons (Fsp3) is 0.667. The van der Waals surface area contributed by atoms with E-state index in [0.717, 1.165) is 32.7 Å². The number of aryl methyl sites for hydroxylation is 1. The molecule has 0 aromatic heterocycles. The Balaban J connectivity index is 1.46. The van der Waals surface area contributed by atoms with E-state index in [1.807, 2.05) is 0 Å². The number of nitrogens with zero attached hydrogens (tertiary/aromatic N) is 1. The van der Waals surface area contributed by atoms with E-state index < -0.39 is 0 Å². The highest BCUT2D eigenvalue weighted by atomic mass is 16.5. The second kappa shape index (κ2) is 7.81. The summed E-state index contributed by atoms with van der Waals surface area (Å²) >= 11 is 0. The molecule has 3 nitrogen and oxygen atoms in total. The van der Waals surface area contributed by atoms with Crippen molar-refractivity contribution in [2.75, 3.05) is 37.7 Å². The van der Waals surface area contributed by atoms with Gasteiger partial charge in [0, 0.05) is 25.4 Å². The van der Waals surface area contributed by atoms with Crippen LogP contribution in [0.5, 0.6) is 0 Å². The Morgan fingerprint density at radius 1 is 1.14 bits per heavy atom. The number of nitrogens with one attached hydrogen (secondary N) is 1. The Bertz CT molecular complexity index is 429. The average molecular weight is 288 g/mol. The fourth-order valence-corrected chi connectivity index (χ4v) is 3.47. The van der Waals surface area contributed by atoms with Gasteiger partial charge in [-0.05, 0) is 63.2 Å². The Hall–Kier alpha value is -1.06. The number of anilines is 1. The third-order valence-electron chi connectivity index (χ3n) is 4.67. The number of fused-ring (bicyclic) bond motifs is 1. The molecule has 0 saturated carbocycles. The summed E-state index contributed by atoms with van der Waals surface area (Å²) in [5.74, 6) is 0. The van der Waals surface area contributed by atoms with Crippen LogP contribution in [0.1, 0.15) is 37.7 Å². The first-order valence-corrected chi connectivity index (χ1v) is 8.58. The van der Waals surface area contributed by atoms with Gasteiger partial charge in [-0.2, -0.15) is 0 Å². The first-order valence-electron chi connectivity index (χ1n) is 8.58. The van der Waals surface area contributed by atoms with Gasteiger partial charge in [0.15, 0.2) is 0 Å². The minimum absolute atomic E-state index is 0.489. The van der Waals surface area contributed by atoms with E-state index >= 15 is 0 Å². The number of hydrogen-bond donors (Lipinski definition) is 1. The Kier molecular flexibility index (Phi) is 5.53. The lowest BCUT2D eigenvalue weighted by molar-refractivity contribution is 0.0324. The van der Waals surface area contributed by atoms with Crippen molar-refractivity contribution in [2.45, 2.75) is 44.6 Å². The molecule has 1 fully saturated rings. The first kappa shape index (κ1) is 14.9. The van der Waals surface area contributed by atoms with Crippen LogP contribution in [0.3, 0.4) is 0 Å². The van der Waals surface area contributed by atoms with Crippen molar-refractivity contribution < 1.29 is 4.74 Å². The maximum atomic E-state index is 6.03. The SMILES string of the molecule is c1ccc2c(c1)CCCCN2CCCOC1CCNCC1. The van der Waals surface area contributed by atoms with E-state index in [0.29, 0.717) is 6.10 Å². The van der Waals surface area contributed by atoms with Gasteiger partial charge >= 0.3 is 0 Å². The second-order valence-corrected chi connectivity index (χ2v) is 6.25. The van der Waals surface area contributed by atoms with Gasteiger partial charge in [0.05, 0.1) is 6.10 Å². The molecule has 2 aliphatic heterocycles. The maximum absolute atomic E-state index is 6.03. The van der Waals surface area contributed by atoms with Gasteiger partial charge in [0.2, 0.25) is 0 Å². The van der Waals surface area contributed by atoms with Crippen LogP contribution in [0, 0.1) is 0 Å². The molecule has 2 aliphatic rings. The van der Waals surface area contributed by atoms with Crippen LogP contribution >= 0.6 is 0 Å². The summed E-state index contributed by atoms with van der Waals surface area (Å²) in [6, 6.07) is 8.92. The standard InChI is InChI=1S/C18H28N2O/c1-2-8-18-16(6-1)7-3-4-13-20(18)14-5-15-21-17-9-11-19-12-10-17/h1-2,6,8,17,19H,3-5,7,9-15H2. The van der Waals surface area contributed by atoms with Crippen LogP contribution in [0.25, 0.3) is 0 Å². The van der Waals surface area contributed by atoms with Crippen LogP contribution in [-0.4, -0.2) is 38.9 Å². The van der Waals surface area contributed by atoms with Gasteiger partial charge in [-0.3, -0.25) is 0 Å². The second-order valence-electron chi connectivity index (χ2n) is 6.25. The number of benzene rings is 1. The Morgan fingerprint density at radius 2 is 2.00 bits per heavy atom. The topological polar surface area (TPSA) is 24.5 Å². The summed E-state index contributed by atoms with van der Waals surface area (Å²) in [6.07, 6.45) is 7.83. The van der Waals surface area contributed by atoms with Gasteiger partial charge in [0.1, 0.15) is 0 Å². The number of hydrogen-bond acceptors (Lipinski definition) is 3. The van der Waals surface area contributed by atoms with E-state index in [1.165, 1.54) is 49.9 Å². The zero-order valence-corrected chi connectivity index (χ0v) is 13.0. The van der Waals surface area contributed by atoms with Gasteiger partial charge in [0.25, 0.3) is 0 Å². The molecule has 1 aromatic carbocycles. The van der Waals surface area contributed by atoms with Crippen molar-refractivity contribution >= 4 is 5.69 Å². The van der Waals surface area contributed by atoms with Crippen molar-refractivity contribution in [3.63, 3.8) is 0 Å². The molecule has 0 bridgehead atoms. The summed E-state index contributed by atoms with van der Waals surface area (Å²) in [5.41, 5.74) is 2.98. The molecular weight excluding hydrogens is 260 g/mol. The lowest BCUT2D eigenvalue weighted by Gasteiger charge is -2.26. The molecule has 0 unspecified atom stereocenters. The molecular formula is C18H28N2O. The third kappa shape index (κ3) is 4.21. The summed E-state index contributed by atoms with van der Waals surface area (Å²) in [5, 5.41) is 3.39. The summed E-state index contributed by atoms with van der Waals surface area (Å²) in [6.45, 7) is 5.46. The molecule has 2 heterocycles. The van der Waals surface area contributed by atoms with Crippen LogP contribution in [-0.2, 0) is 11.2 Å². The molecule has 3 heteroatoms. The predicted molar refractivity (Wildman–Crippen MR) is 88.1 cm³/mol. The van der Waals surface area contributed by atoms with Crippen molar-refractivity contribution in [3.8, 4) is 0 Å². The van der Waals surface area contributed by atoms with Crippen LogP contribution in [0.4, 0.5) is 5.69 Å².